The topological polar surface area (TPSA) is 38.8 Å². The zero-order valence-corrected chi connectivity index (χ0v) is 11.5. The van der Waals surface area contributed by atoms with Crippen molar-refractivity contribution in [2.75, 3.05) is 0 Å². The van der Waals surface area contributed by atoms with E-state index in [0.717, 1.165) is 12.8 Å². The summed E-state index contributed by atoms with van der Waals surface area (Å²) in [5.41, 5.74) is -0.346. The van der Waals surface area contributed by atoms with E-state index in [1.54, 1.807) is 0 Å². The second kappa shape index (κ2) is 2.95. The fourth-order valence-corrected chi connectivity index (χ4v) is 5.14. The highest BCUT2D eigenvalue weighted by molar-refractivity contribution is 5.83. The minimum atomic E-state index is -0.338. The molecule has 6 unspecified atom stereocenters. The van der Waals surface area contributed by atoms with Gasteiger partial charge in [-0.1, -0.05) is 26.7 Å². The number of ether oxygens (including phenoxy) is 2. The lowest BCUT2D eigenvalue weighted by atomic mass is 9.63. The lowest BCUT2D eigenvalue weighted by Crippen LogP contribution is -2.39. The van der Waals surface area contributed by atoms with Gasteiger partial charge in [0.15, 0.2) is 0 Å². The lowest BCUT2D eigenvalue weighted by molar-refractivity contribution is -0.161. The van der Waals surface area contributed by atoms with E-state index in [1.165, 1.54) is 19.3 Å². The molecule has 0 aromatic rings. The van der Waals surface area contributed by atoms with Gasteiger partial charge in [0.2, 0.25) is 6.29 Å². The van der Waals surface area contributed by atoms with E-state index in [-0.39, 0.29) is 23.3 Å². The quantitative estimate of drug-likeness (QED) is 0.490. The van der Waals surface area contributed by atoms with Crippen molar-refractivity contribution < 1.29 is 14.3 Å². The Morgan fingerprint density at radius 1 is 1.28 bits per heavy atom. The predicted octanol–water partition coefficient (Wildman–Crippen LogP) is 2.88. The minimum absolute atomic E-state index is 0.0177. The molecule has 3 nitrogen and oxygen atoms in total. The standard InChI is InChI=1S/C15H22O3/c1-9-5-4-6-10-7-15(8-13(9,10)2)11(16)17-12-14(15,3)18-12/h9-10,12H,4-8H2,1-3H3. The van der Waals surface area contributed by atoms with Gasteiger partial charge in [-0.2, -0.15) is 0 Å². The molecular formula is C15H22O3. The predicted molar refractivity (Wildman–Crippen MR) is 65.6 cm³/mol. The summed E-state index contributed by atoms with van der Waals surface area (Å²) in [6, 6.07) is 0. The Morgan fingerprint density at radius 2 is 2.06 bits per heavy atom. The van der Waals surface area contributed by atoms with Crippen LogP contribution >= 0.6 is 0 Å². The molecule has 0 amide bonds. The average molecular weight is 250 g/mol. The number of esters is 1. The van der Waals surface area contributed by atoms with Crippen LogP contribution < -0.4 is 0 Å². The van der Waals surface area contributed by atoms with Gasteiger partial charge in [-0.15, -0.1) is 0 Å². The van der Waals surface area contributed by atoms with E-state index >= 15 is 0 Å². The first-order chi connectivity index (χ1) is 8.42. The maximum Gasteiger partial charge on any atom is 0.317 e. The van der Waals surface area contributed by atoms with E-state index in [1.807, 2.05) is 0 Å². The van der Waals surface area contributed by atoms with Crippen molar-refractivity contribution in [3.05, 3.63) is 0 Å². The van der Waals surface area contributed by atoms with Gasteiger partial charge in [-0.3, -0.25) is 4.79 Å². The number of fused-ring (bicyclic) bond motifs is 3. The lowest BCUT2D eigenvalue weighted by Gasteiger charge is -2.42. The van der Waals surface area contributed by atoms with Crippen molar-refractivity contribution in [2.45, 2.75) is 64.8 Å². The third kappa shape index (κ3) is 1.01. The van der Waals surface area contributed by atoms with Crippen LogP contribution in [-0.2, 0) is 14.3 Å². The summed E-state index contributed by atoms with van der Waals surface area (Å²) in [7, 11) is 0. The molecule has 4 aliphatic rings. The molecule has 2 saturated carbocycles. The van der Waals surface area contributed by atoms with Crippen LogP contribution in [0.5, 0.6) is 0 Å². The Kier molecular flexibility index (Phi) is 1.85. The third-order valence-corrected chi connectivity index (χ3v) is 6.83. The molecular weight excluding hydrogens is 228 g/mol. The minimum Gasteiger partial charge on any atom is -0.432 e. The number of carbonyl (C=O) groups is 1. The second-order valence-electron chi connectivity index (χ2n) is 7.46. The van der Waals surface area contributed by atoms with Crippen LogP contribution in [0.15, 0.2) is 0 Å². The van der Waals surface area contributed by atoms with E-state index in [2.05, 4.69) is 20.8 Å². The van der Waals surface area contributed by atoms with Crippen LogP contribution in [0.1, 0.15) is 52.9 Å². The Bertz CT molecular complexity index is 433. The summed E-state index contributed by atoms with van der Waals surface area (Å²) in [6.45, 7) is 6.83. The van der Waals surface area contributed by atoms with Gasteiger partial charge in [0, 0.05) is 0 Å². The molecule has 1 spiro atoms. The van der Waals surface area contributed by atoms with E-state index < -0.39 is 0 Å². The average Bonchev–Trinajstić information content (AvgIpc) is 2.77. The van der Waals surface area contributed by atoms with Gasteiger partial charge in [-0.05, 0) is 43.4 Å². The summed E-state index contributed by atoms with van der Waals surface area (Å²) in [5.74, 6) is 1.41. The summed E-state index contributed by atoms with van der Waals surface area (Å²) in [6.07, 6.45) is 5.60. The van der Waals surface area contributed by atoms with Crippen molar-refractivity contribution >= 4 is 5.97 Å². The molecule has 18 heavy (non-hydrogen) atoms. The molecule has 4 rings (SSSR count). The van der Waals surface area contributed by atoms with Gasteiger partial charge >= 0.3 is 5.97 Å². The Hall–Kier alpha value is -0.570. The molecule has 0 N–H and O–H groups in total. The number of carbonyl (C=O) groups excluding carboxylic acids is 1. The largest absolute Gasteiger partial charge is 0.432 e. The highest BCUT2D eigenvalue weighted by Gasteiger charge is 2.81. The van der Waals surface area contributed by atoms with Gasteiger partial charge in [0.25, 0.3) is 0 Å². The highest BCUT2D eigenvalue weighted by Crippen LogP contribution is 2.71. The van der Waals surface area contributed by atoms with E-state index in [9.17, 15) is 4.79 Å². The highest BCUT2D eigenvalue weighted by atomic mass is 16.8. The van der Waals surface area contributed by atoms with Crippen molar-refractivity contribution in [3.8, 4) is 0 Å². The van der Waals surface area contributed by atoms with Crippen LogP contribution in [0.2, 0.25) is 0 Å². The van der Waals surface area contributed by atoms with Crippen molar-refractivity contribution in [1.29, 1.82) is 0 Å². The van der Waals surface area contributed by atoms with Crippen LogP contribution in [0.3, 0.4) is 0 Å². The summed E-state index contributed by atoms with van der Waals surface area (Å²) in [4.78, 5) is 12.3. The molecule has 0 aromatic carbocycles. The molecule has 0 bridgehead atoms. The summed E-state index contributed by atoms with van der Waals surface area (Å²) < 4.78 is 11.1. The normalized spacial score (nSPS) is 61.5. The summed E-state index contributed by atoms with van der Waals surface area (Å²) in [5, 5.41) is 0. The van der Waals surface area contributed by atoms with Crippen LogP contribution in [0.25, 0.3) is 0 Å². The van der Waals surface area contributed by atoms with Crippen LogP contribution in [-0.4, -0.2) is 17.9 Å². The smallest absolute Gasteiger partial charge is 0.317 e. The van der Waals surface area contributed by atoms with Crippen molar-refractivity contribution in [2.24, 2.45) is 22.7 Å². The number of hydrogen-bond acceptors (Lipinski definition) is 3. The van der Waals surface area contributed by atoms with Crippen molar-refractivity contribution in [1.82, 2.24) is 0 Å². The molecule has 2 aliphatic carbocycles. The molecule has 4 fully saturated rings. The molecule has 2 saturated heterocycles. The Morgan fingerprint density at radius 3 is 2.67 bits per heavy atom. The molecule has 100 valence electrons. The number of hydrogen-bond donors (Lipinski definition) is 0. The molecule has 0 aromatic heterocycles. The van der Waals surface area contributed by atoms with Gasteiger partial charge in [0.1, 0.15) is 11.0 Å². The van der Waals surface area contributed by atoms with Crippen molar-refractivity contribution in [3.63, 3.8) is 0 Å². The number of epoxide rings is 1. The van der Waals surface area contributed by atoms with Crippen LogP contribution in [0, 0.1) is 22.7 Å². The first-order valence-corrected chi connectivity index (χ1v) is 7.31. The zero-order valence-electron chi connectivity index (χ0n) is 11.5. The Labute approximate surface area is 108 Å². The maximum atomic E-state index is 12.3. The zero-order chi connectivity index (χ0) is 12.8. The monoisotopic (exact) mass is 250 g/mol. The molecule has 6 atom stereocenters. The summed E-state index contributed by atoms with van der Waals surface area (Å²) >= 11 is 0. The first-order valence-electron chi connectivity index (χ1n) is 7.31. The van der Waals surface area contributed by atoms with E-state index in [0.29, 0.717) is 17.3 Å². The Balaban J connectivity index is 1.76. The SMILES string of the molecule is CC1CCCC2CC3(CC12C)C(=O)OC1OC13C. The third-order valence-electron chi connectivity index (χ3n) is 6.83. The fourth-order valence-electron chi connectivity index (χ4n) is 5.14. The molecule has 0 radical (unpaired) electrons. The fraction of sp³-hybridized carbons (Fsp3) is 0.933. The van der Waals surface area contributed by atoms with Crippen LogP contribution in [0.4, 0.5) is 0 Å². The number of rotatable bonds is 0. The van der Waals surface area contributed by atoms with Gasteiger partial charge < -0.3 is 9.47 Å². The first kappa shape index (κ1) is 11.3. The van der Waals surface area contributed by atoms with Gasteiger partial charge in [0.05, 0.1) is 0 Å². The molecule has 3 heteroatoms. The molecule has 2 heterocycles. The maximum absolute atomic E-state index is 12.3. The van der Waals surface area contributed by atoms with E-state index in [4.69, 9.17) is 9.47 Å². The molecule has 2 aliphatic heterocycles. The van der Waals surface area contributed by atoms with Gasteiger partial charge in [-0.25, -0.2) is 0 Å². The second-order valence-corrected chi connectivity index (χ2v) is 7.46.